The summed E-state index contributed by atoms with van der Waals surface area (Å²) in [6.45, 7) is -0.883. The van der Waals surface area contributed by atoms with Crippen LogP contribution in [0.2, 0.25) is 0 Å². The highest BCUT2D eigenvalue weighted by atomic mass is 16.4. The monoisotopic (exact) mass is 335 g/mol. The average molecular weight is 335 g/mol. The maximum absolute atomic E-state index is 10.1. The highest BCUT2D eigenvalue weighted by Gasteiger charge is 2.45. The van der Waals surface area contributed by atoms with Crippen molar-refractivity contribution < 1.29 is 40.9 Å². The van der Waals surface area contributed by atoms with Gasteiger partial charge in [-0.2, -0.15) is 0 Å². The molecule has 9 N–H and O–H groups in total. The van der Waals surface area contributed by atoms with Gasteiger partial charge >= 0.3 is 0 Å². The summed E-state index contributed by atoms with van der Waals surface area (Å²) < 4.78 is 0. The molecular formula is C14H25NO8. The number of hydrogen-bond donors (Lipinski definition) is 9. The van der Waals surface area contributed by atoms with Crippen LogP contribution in [-0.4, -0.2) is 103 Å². The van der Waals surface area contributed by atoms with Gasteiger partial charge in [0.05, 0.1) is 24.9 Å². The van der Waals surface area contributed by atoms with E-state index in [-0.39, 0.29) is 18.6 Å². The summed E-state index contributed by atoms with van der Waals surface area (Å²) >= 11 is 0. The predicted octanol–water partition coefficient (Wildman–Crippen LogP) is -4.58. The van der Waals surface area contributed by atoms with Crippen molar-refractivity contribution in [2.75, 3.05) is 13.2 Å². The maximum Gasteiger partial charge on any atom is 0.111 e. The molecule has 0 aromatic carbocycles. The van der Waals surface area contributed by atoms with Gasteiger partial charge in [-0.25, -0.2) is 0 Å². The van der Waals surface area contributed by atoms with Gasteiger partial charge in [0, 0.05) is 18.6 Å². The number of hydrogen-bond acceptors (Lipinski definition) is 9. The molecule has 0 aliphatic heterocycles. The van der Waals surface area contributed by atoms with Gasteiger partial charge in [0.1, 0.15) is 24.4 Å². The van der Waals surface area contributed by atoms with E-state index in [1.165, 1.54) is 6.08 Å². The first-order valence-electron chi connectivity index (χ1n) is 7.58. The molecule has 1 unspecified atom stereocenters. The third-order valence-electron chi connectivity index (χ3n) is 4.79. The normalized spacial score (nSPS) is 48.2. The molecule has 134 valence electrons. The fourth-order valence-corrected chi connectivity index (χ4v) is 3.26. The molecule has 1 fully saturated rings. The summed E-state index contributed by atoms with van der Waals surface area (Å²) in [6.07, 6.45) is -6.85. The lowest BCUT2D eigenvalue weighted by molar-refractivity contribution is -0.135. The van der Waals surface area contributed by atoms with Crippen molar-refractivity contribution in [3.8, 4) is 0 Å². The highest BCUT2D eigenvalue weighted by molar-refractivity contribution is 5.22. The van der Waals surface area contributed by atoms with E-state index in [2.05, 4.69) is 5.32 Å². The number of nitrogens with one attached hydrogen (secondary N) is 1. The summed E-state index contributed by atoms with van der Waals surface area (Å²) in [7, 11) is 0. The summed E-state index contributed by atoms with van der Waals surface area (Å²) in [5.41, 5.74) is 0.130. The van der Waals surface area contributed by atoms with Crippen molar-refractivity contribution in [3.63, 3.8) is 0 Å². The highest BCUT2D eigenvalue weighted by Crippen LogP contribution is 2.28. The molecule has 0 aromatic heterocycles. The van der Waals surface area contributed by atoms with Crippen LogP contribution >= 0.6 is 0 Å². The number of rotatable bonds is 4. The lowest BCUT2D eigenvalue weighted by Gasteiger charge is -2.43. The van der Waals surface area contributed by atoms with Crippen LogP contribution in [0.5, 0.6) is 0 Å². The predicted molar refractivity (Wildman–Crippen MR) is 77.1 cm³/mol. The lowest BCUT2D eigenvalue weighted by atomic mass is 9.78. The van der Waals surface area contributed by atoms with Crippen LogP contribution in [0.25, 0.3) is 0 Å². The van der Waals surface area contributed by atoms with E-state index >= 15 is 0 Å². The lowest BCUT2D eigenvalue weighted by Crippen LogP contribution is -2.63. The van der Waals surface area contributed by atoms with Crippen molar-refractivity contribution in [1.82, 2.24) is 5.32 Å². The summed E-state index contributed by atoms with van der Waals surface area (Å²) in [5, 5.41) is 80.6. The van der Waals surface area contributed by atoms with Crippen LogP contribution in [0, 0.1) is 5.92 Å². The van der Waals surface area contributed by atoms with E-state index in [9.17, 15) is 40.9 Å². The smallest absolute Gasteiger partial charge is 0.111 e. The molecule has 0 spiro atoms. The first-order chi connectivity index (χ1) is 10.8. The molecule has 2 aliphatic carbocycles. The molecule has 2 aliphatic rings. The number of aliphatic hydroxyl groups is 8. The first kappa shape index (κ1) is 18.7. The molecule has 9 nitrogen and oxygen atoms in total. The second kappa shape index (κ2) is 7.51. The third kappa shape index (κ3) is 3.58. The Balaban J connectivity index is 2.15. The summed E-state index contributed by atoms with van der Waals surface area (Å²) in [6, 6.07) is -1.64. The van der Waals surface area contributed by atoms with Crippen molar-refractivity contribution >= 4 is 0 Å². The minimum absolute atomic E-state index is 0.130. The van der Waals surface area contributed by atoms with Gasteiger partial charge in [0.2, 0.25) is 0 Å². The second-order valence-corrected chi connectivity index (χ2v) is 6.27. The molecular weight excluding hydrogens is 310 g/mol. The van der Waals surface area contributed by atoms with E-state index in [0.29, 0.717) is 0 Å². The standard InChI is InChI=1S/C14H25NO8/c16-3-5-1-7(11(20)13(22)9(5)18)15-8-2-6(4-17)10(19)14(23)12(8)21/h1,6-23H,2-4H2/t6-,7-,8-,9+,10-,11-,12-,13+,14?/m0/s1. The van der Waals surface area contributed by atoms with E-state index in [0.717, 1.165) is 0 Å². The Morgan fingerprint density at radius 2 is 1.52 bits per heavy atom. The number of aliphatic hydroxyl groups excluding tert-OH is 8. The fourth-order valence-electron chi connectivity index (χ4n) is 3.26. The zero-order valence-electron chi connectivity index (χ0n) is 12.5. The zero-order valence-corrected chi connectivity index (χ0v) is 12.5. The van der Waals surface area contributed by atoms with Gasteiger partial charge in [0.25, 0.3) is 0 Å². The average Bonchev–Trinajstić information content (AvgIpc) is 2.55. The molecule has 1 saturated carbocycles. The molecule has 0 saturated heterocycles. The second-order valence-electron chi connectivity index (χ2n) is 6.27. The quantitative estimate of drug-likeness (QED) is 0.229. The Morgan fingerprint density at radius 1 is 0.870 bits per heavy atom. The van der Waals surface area contributed by atoms with Gasteiger partial charge in [-0.3, -0.25) is 0 Å². The van der Waals surface area contributed by atoms with Gasteiger partial charge in [0.15, 0.2) is 0 Å². The summed E-state index contributed by atoms with van der Waals surface area (Å²) in [5.74, 6) is -0.650. The topological polar surface area (TPSA) is 174 Å². The fraction of sp³-hybridized carbons (Fsp3) is 0.857. The Bertz CT molecular complexity index is 431. The summed E-state index contributed by atoms with van der Waals surface area (Å²) in [4.78, 5) is 0. The Kier molecular flexibility index (Phi) is 6.11. The minimum atomic E-state index is -1.51. The SMILES string of the molecule is OCC1=C[C@H](N[C@H]2C[C@@H](CO)[C@H](O)C(O)[C@H]2O)[C@H](O)[C@H](O)[C@@H]1O. The van der Waals surface area contributed by atoms with Crippen LogP contribution in [0.15, 0.2) is 11.6 Å². The minimum Gasteiger partial charge on any atom is -0.396 e. The maximum atomic E-state index is 10.1. The van der Waals surface area contributed by atoms with Gasteiger partial charge in [-0.15, -0.1) is 0 Å². The van der Waals surface area contributed by atoms with E-state index < -0.39 is 61.2 Å². The molecule has 0 aromatic rings. The molecule has 2 rings (SSSR count). The van der Waals surface area contributed by atoms with Crippen molar-refractivity contribution in [2.45, 2.75) is 55.1 Å². The molecule has 0 heterocycles. The van der Waals surface area contributed by atoms with E-state index in [4.69, 9.17) is 0 Å². The van der Waals surface area contributed by atoms with E-state index in [1.807, 2.05) is 0 Å². The van der Waals surface area contributed by atoms with Crippen molar-refractivity contribution in [3.05, 3.63) is 11.6 Å². The molecule has 9 heteroatoms. The Morgan fingerprint density at radius 3 is 2.09 bits per heavy atom. The third-order valence-corrected chi connectivity index (χ3v) is 4.79. The molecule has 0 radical (unpaired) electrons. The molecule has 0 bridgehead atoms. The van der Waals surface area contributed by atoms with Crippen molar-refractivity contribution in [1.29, 1.82) is 0 Å². The Labute approximate surface area is 133 Å². The van der Waals surface area contributed by atoms with Gasteiger partial charge < -0.3 is 46.2 Å². The van der Waals surface area contributed by atoms with Gasteiger partial charge in [-0.1, -0.05) is 6.08 Å². The van der Waals surface area contributed by atoms with Crippen molar-refractivity contribution in [2.24, 2.45) is 5.92 Å². The van der Waals surface area contributed by atoms with Crippen LogP contribution in [0.4, 0.5) is 0 Å². The largest absolute Gasteiger partial charge is 0.396 e. The van der Waals surface area contributed by atoms with Crippen LogP contribution in [0.3, 0.4) is 0 Å². The molecule has 9 atom stereocenters. The van der Waals surface area contributed by atoms with Crippen LogP contribution < -0.4 is 5.32 Å². The van der Waals surface area contributed by atoms with Gasteiger partial charge in [-0.05, 0) is 12.0 Å². The zero-order chi connectivity index (χ0) is 17.3. The molecule has 0 amide bonds. The van der Waals surface area contributed by atoms with E-state index in [1.54, 1.807) is 0 Å². The van der Waals surface area contributed by atoms with Crippen LogP contribution in [0.1, 0.15) is 6.42 Å². The Hall–Kier alpha value is -0.620. The molecule has 23 heavy (non-hydrogen) atoms. The first-order valence-corrected chi connectivity index (χ1v) is 7.58. The van der Waals surface area contributed by atoms with Crippen LogP contribution in [-0.2, 0) is 0 Å².